The van der Waals surface area contributed by atoms with E-state index in [4.69, 9.17) is 5.26 Å². The van der Waals surface area contributed by atoms with Crippen LogP contribution in [-0.2, 0) is 5.41 Å². The van der Waals surface area contributed by atoms with Gasteiger partial charge in [-0.3, -0.25) is 5.32 Å². The molecule has 0 radical (unpaired) electrons. The van der Waals surface area contributed by atoms with Crippen LogP contribution in [0.25, 0.3) is 0 Å². The lowest BCUT2D eigenvalue weighted by Gasteiger charge is -2.20. The van der Waals surface area contributed by atoms with Crippen LogP contribution in [0.5, 0.6) is 0 Å². The van der Waals surface area contributed by atoms with Gasteiger partial charge in [0, 0.05) is 0 Å². The largest absolute Gasteiger partial charge is 0.401 e. The smallest absolute Gasteiger partial charge is 0.290 e. The zero-order chi connectivity index (χ0) is 14.7. The SMILES string of the molecule is CC(C)(C)c1ccc(C(C#N)NCC(F)(F)F)cc1. The van der Waals surface area contributed by atoms with E-state index in [9.17, 15) is 13.2 Å². The molecule has 0 saturated carbocycles. The van der Waals surface area contributed by atoms with Crippen LogP contribution in [0.3, 0.4) is 0 Å². The molecule has 2 nitrogen and oxygen atoms in total. The number of nitrogens with zero attached hydrogens (tertiary/aromatic N) is 1. The number of benzene rings is 1. The highest BCUT2D eigenvalue weighted by atomic mass is 19.4. The van der Waals surface area contributed by atoms with Crippen LogP contribution in [0.15, 0.2) is 24.3 Å². The topological polar surface area (TPSA) is 35.8 Å². The molecule has 19 heavy (non-hydrogen) atoms. The molecule has 0 amide bonds. The van der Waals surface area contributed by atoms with Gasteiger partial charge in [-0.05, 0) is 16.5 Å². The van der Waals surface area contributed by atoms with Gasteiger partial charge in [0.2, 0.25) is 0 Å². The minimum absolute atomic E-state index is 0.0277. The molecule has 1 aromatic rings. The van der Waals surface area contributed by atoms with Crippen LogP contribution in [0.4, 0.5) is 13.2 Å². The maximum Gasteiger partial charge on any atom is 0.401 e. The molecule has 0 aliphatic rings. The number of halogens is 3. The standard InChI is InChI=1S/C14H17F3N2/c1-13(2,3)11-6-4-10(5-7-11)12(8-18)19-9-14(15,16)17/h4-7,12,19H,9H2,1-3H3. The predicted octanol–water partition coefficient (Wildman–Crippen LogP) is 3.70. The Morgan fingerprint density at radius 1 is 1.16 bits per heavy atom. The zero-order valence-electron chi connectivity index (χ0n) is 11.2. The van der Waals surface area contributed by atoms with Gasteiger partial charge in [0.25, 0.3) is 0 Å². The van der Waals surface area contributed by atoms with Gasteiger partial charge >= 0.3 is 6.18 Å². The molecule has 0 fully saturated rings. The second-order valence-electron chi connectivity index (χ2n) is 5.43. The number of alkyl halides is 3. The molecule has 5 heteroatoms. The van der Waals surface area contributed by atoms with E-state index >= 15 is 0 Å². The average Bonchev–Trinajstić information content (AvgIpc) is 2.28. The molecule has 1 N–H and O–H groups in total. The third kappa shape index (κ3) is 4.92. The summed E-state index contributed by atoms with van der Waals surface area (Å²) in [6.07, 6.45) is -4.32. The Hall–Kier alpha value is -1.54. The quantitative estimate of drug-likeness (QED) is 0.909. The summed E-state index contributed by atoms with van der Waals surface area (Å²) in [6, 6.07) is 7.96. The normalized spacial score (nSPS) is 13.9. The van der Waals surface area contributed by atoms with E-state index in [0.29, 0.717) is 5.56 Å². The monoisotopic (exact) mass is 270 g/mol. The van der Waals surface area contributed by atoms with Crippen LogP contribution < -0.4 is 5.32 Å². The zero-order valence-corrected chi connectivity index (χ0v) is 11.2. The number of nitrogens with one attached hydrogen (secondary N) is 1. The first-order valence-corrected chi connectivity index (χ1v) is 5.94. The van der Waals surface area contributed by atoms with Crippen LogP contribution >= 0.6 is 0 Å². The average molecular weight is 270 g/mol. The molecule has 1 aromatic carbocycles. The Morgan fingerprint density at radius 2 is 1.68 bits per heavy atom. The molecular weight excluding hydrogens is 253 g/mol. The van der Waals surface area contributed by atoms with Crippen LogP contribution in [0, 0.1) is 11.3 Å². The molecular formula is C14H17F3N2. The van der Waals surface area contributed by atoms with Gasteiger partial charge in [0.15, 0.2) is 0 Å². The van der Waals surface area contributed by atoms with Crippen LogP contribution in [0.2, 0.25) is 0 Å². The van der Waals surface area contributed by atoms with E-state index in [-0.39, 0.29) is 5.41 Å². The summed E-state index contributed by atoms with van der Waals surface area (Å²) in [5.41, 5.74) is 1.59. The lowest BCUT2D eigenvalue weighted by Crippen LogP contribution is -2.31. The fourth-order valence-corrected chi connectivity index (χ4v) is 1.63. The van der Waals surface area contributed by atoms with E-state index in [1.807, 2.05) is 39.0 Å². The first-order chi connectivity index (χ1) is 8.63. The molecule has 0 saturated heterocycles. The van der Waals surface area contributed by atoms with Gasteiger partial charge in [0.05, 0.1) is 12.6 Å². The van der Waals surface area contributed by atoms with Crippen molar-refractivity contribution in [2.75, 3.05) is 6.54 Å². The Bertz CT molecular complexity index is 450. The highest BCUT2D eigenvalue weighted by Gasteiger charge is 2.28. The maximum atomic E-state index is 12.1. The molecule has 1 unspecified atom stereocenters. The number of hydrogen-bond acceptors (Lipinski definition) is 2. The summed E-state index contributed by atoms with van der Waals surface area (Å²) < 4.78 is 36.3. The number of hydrogen-bond donors (Lipinski definition) is 1. The van der Waals surface area contributed by atoms with Crippen molar-refractivity contribution in [2.45, 2.75) is 38.4 Å². The van der Waals surface area contributed by atoms with Crippen molar-refractivity contribution in [2.24, 2.45) is 0 Å². The Morgan fingerprint density at radius 3 is 2.05 bits per heavy atom. The summed E-state index contributed by atoms with van der Waals surface area (Å²) >= 11 is 0. The van der Waals surface area contributed by atoms with Crippen molar-refractivity contribution in [1.82, 2.24) is 5.32 Å². The lowest BCUT2D eigenvalue weighted by molar-refractivity contribution is -0.125. The first kappa shape index (κ1) is 15.5. The minimum Gasteiger partial charge on any atom is -0.290 e. The van der Waals surface area contributed by atoms with Crippen molar-refractivity contribution in [3.05, 3.63) is 35.4 Å². The van der Waals surface area contributed by atoms with Crippen molar-refractivity contribution < 1.29 is 13.2 Å². The maximum absolute atomic E-state index is 12.1. The minimum atomic E-state index is -4.32. The van der Waals surface area contributed by atoms with Crippen LogP contribution in [-0.4, -0.2) is 12.7 Å². The second kappa shape index (κ2) is 5.62. The molecule has 1 rings (SSSR count). The Labute approximate surface area is 111 Å². The van der Waals surface area contributed by atoms with Crippen molar-refractivity contribution >= 4 is 0 Å². The number of rotatable bonds is 3. The molecule has 1 atom stereocenters. The van der Waals surface area contributed by atoms with Gasteiger partial charge in [-0.2, -0.15) is 18.4 Å². The predicted molar refractivity (Wildman–Crippen MR) is 67.6 cm³/mol. The highest BCUT2D eigenvalue weighted by Crippen LogP contribution is 2.24. The summed E-state index contributed by atoms with van der Waals surface area (Å²) in [7, 11) is 0. The second-order valence-corrected chi connectivity index (χ2v) is 5.43. The lowest BCUT2D eigenvalue weighted by atomic mass is 9.86. The molecule has 0 aromatic heterocycles. The van der Waals surface area contributed by atoms with Crippen molar-refractivity contribution in [3.63, 3.8) is 0 Å². The molecule has 0 aliphatic carbocycles. The summed E-state index contributed by atoms with van der Waals surface area (Å²) in [5.74, 6) is 0. The summed E-state index contributed by atoms with van der Waals surface area (Å²) in [5, 5.41) is 11.1. The van der Waals surface area contributed by atoms with E-state index in [1.54, 1.807) is 12.1 Å². The van der Waals surface area contributed by atoms with Gasteiger partial charge in [-0.15, -0.1) is 0 Å². The fraction of sp³-hybridized carbons (Fsp3) is 0.500. The van der Waals surface area contributed by atoms with Gasteiger partial charge in [-0.1, -0.05) is 45.0 Å². The molecule has 0 aliphatic heterocycles. The Balaban J connectivity index is 2.81. The van der Waals surface area contributed by atoms with E-state index in [1.165, 1.54) is 0 Å². The van der Waals surface area contributed by atoms with Gasteiger partial charge in [0.1, 0.15) is 6.04 Å². The molecule has 104 valence electrons. The van der Waals surface area contributed by atoms with Crippen LogP contribution in [0.1, 0.15) is 37.9 Å². The van der Waals surface area contributed by atoms with E-state index in [0.717, 1.165) is 5.56 Å². The third-order valence-corrected chi connectivity index (χ3v) is 2.75. The summed E-state index contributed by atoms with van der Waals surface area (Å²) in [6.45, 7) is 4.97. The molecule has 0 heterocycles. The van der Waals surface area contributed by atoms with Gasteiger partial charge in [-0.25, -0.2) is 0 Å². The Kier molecular flexibility index (Phi) is 4.59. The third-order valence-electron chi connectivity index (χ3n) is 2.75. The first-order valence-electron chi connectivity index (χ1n) is 5.94. The molecule has 0 bridgehead atoms. The van der Waals surface area contributed by atoms with E-state index in [2.05, 4.69) is 5.32 Å². The van der Waals surface area contributed by atoms with Gasteiger partial charge < -0.3 is 0 Å². The summed E-state index contributed by atoms with van der Waals surface area (Å²) in [4.78, 5) is 0. The van der Waals surface area contributed by atoms with Crippen molar-refractivity contribution in [1.29, 1.82) is 5.26 Å². The van der Waals surface area contributed by atoms with E-state index < -0.39 is 18.8 Å². The highest BCUT2D eigenvalue weighted by molar-refractivity contribution is 5.31. The molecule has 0 spiro atoms. The fourth-order valence-electron chi connectivity index (χ4n) is 1.63. The number of nitriles is 1. The van der Waals surface area contributed by atoms with Crippen molar-refractivity contribution in [3.8, 4) is 6.07 Å².